The van der Waals surface area contributed by atoms with Crippen LogP contribution in [0.25, 0.3) is 5.57 Å². The monoisotopic (exact) mass is 435 g/mol. The maximum Gasteiger partial charge on any atom is 0.251 e. The van der Waals surface area contributed by atoms with Crippen molar-refractivity contribution in [2.24, 2.45) is 10.9 Å². The number of nitrogens with one attached hydrogen (secondary N) is 1. The summed E-state index contributed by atoms with van der Waals surface area (Å²) in [5.74, 6) is -0.0676. The molecular formula is C20H22ClN3O4S. The number of halogens is 1. The number of aromatic amines is 1. The molecule has 1 aromatic heterocycles. The van der Waals surface area contributed by atoms with Gasteiger partial charge in [0.1, 0.15) is 4.90 Å². The molecule has 9 heteroatoms. The average Bonchev–Trinajstić information content (AvgIpc) is 3.45. The molecule has 1 amide bonds. The van der Waals surface area contributed by atoms with E-state index in [1.54, 1.807) is 6.07 Å². The van der Waals surface area contributed by atoms with E-state index in [0.29, 0.717) is 35.6 Å². The Hall–Kier alpha value is -2.42. The van der Waals surface area contributed by atoms with Gasteiger partial charge in [0.25, 0.3) is 5.56 Å². The van der Waals surface area contributed by atoms with Crippen LogP contribution in [0.15, 0.2) is 46.1 Å². The highest BCUT2D eigenvalue weighted by molar-refractivity contribution is 7.89. The number of hydrogen-bond acceptors (Lipinski definition) is 4. The molecule has 0 atom stereocenters. The summed E-state index contributed by atoms with van der Waals surface area (Å²) in [7, 11) is -3.95. The zero-order valence-corrected chi connectivity index (χ0v) is 17.2. The van der Waals surface area contributed by atoms with Crippen molar-refractivity contribution in [3.63, 3.8) is 0 Å². The van der Waals surface area contributed by atoms with Crippen molar-refractivity contribution in [1.29, 1.82) is 0 Å². The molecule has 1 heterocycles. The molecule has 2 aromatic rings. The van der Waals surface area contributed by atoms with Crippen molar-refractivity contribution in [2.45, 2.75) is 42.9 Å². The number of hydrogen-bond donors (Lipinski definition) is 3. The Labute approximate surface area is 173 Å². The molecule has 1 saturated carbocycles. The number of pyridine rings is 1. The van der Waals surface area contributed by atoms with Crippen molar-refractivity contribution >= 4 is 33.1 Å². The van der Waals surface area contributed by atoms with Crippen molar-refractivity contribution in [3.8, 4) is 0 Å². The number of primary sulfonamides is 1. The molecule has 1 aliphatic carbocycles. The molecule has 0 unspecified atom stereocenters. The summed E-state index contributed by atoms with van der Waals surface area (Å²) in [5.41, 5.74) is 7.70. The fraction of sp³-hybridized carbons (Fsp3) is 0.300. The van der Waals surface area contributed by atoms with Gasteiger partial charge in [-0.1, -0.05) is 29.8 Å². The zero-order chi connectivity index (χ0) is 21.2. The molecule has 1 fully saturated rings. The van der Waals surface area contributed by atoms with Crippen molar-refractivity contribution in [3.05, 3.63) is 68.6 Å². The number of allylic oxidation sites excluding steroid dienone is 1. The third-order valence-electron chi connectivity index (χ3n) is 4.77. The van der Waals surface area contributed by atoms with Gasteiger partial charge in [0.15, 0.2) is 0 Å². The van der Waals surface area contributed by atoms with Gasteiger partial charge in [0.05, 0.1) is 5.02 Å². The Kier molecular flexibility index (Phi) is 6.26. The summed E-state index contributed by atoms with van der Waals surface area (Å²) >= 11 is 6.14. The fourth-order valence-corrected chi connectivity index (χ4v) is 4.25. The van der Waals surface area contributed by atoms with Gasteiger partial charge in [0, 0.05) is 23.3 Å². The van der Waals surface area contributed by atoms with Gasteiger partial charge >= 0.3 is 0 Å². The van der Waals surface area contributed by atoms with Gasteiger partial charge in [0.2, 0.25) is 15.9 Å². The SMILES string of the molecule is NC(=O)CCC/C=C(\c1ccc(S(N)(=O)=O)c(Cl)c1)c1ccc(C2CC2)c(=O)[nH]1. The number of carbonyl (C=O) groups excluding carboxylic acids is 1. The lowest BCUT2D eigenvalue weighted by molar-refractivity contribution is -0.118. The number of aromatic nitrogens is 1. The summed E-state index contributed by atoms with van der Waals surface area (Å²) in [5, 5.41) is 5.16. The number of benzene rings is 1. The summed E-state index contributed by atoms with van der Waals surface area (Å²) in [6.45, 7) is 0. The van der Waals surface area contributed by atoms with E-state index in [-0.39, 0.29) is 27.8 Å². The second kappa shape index (κ2) is 8.52. The number of sulfonamides is 1. The third kappa shape index (κ3) is 5.35. The van der Waals surface area contributed by atoms with Gasteiger partial charge in [-0.25, -0.2) is 13.6 Å². The second-order valence-electron chi connectivity index (χ2n) is 7.10. The highest BCUT2D eigenvalue weighted by Gasteiger charge is 2.26. The van der Waals surface area contributed by atoms with Crippen LogP contribution in [-0.2, 0) is 14.8 Å². The van der Waals surface area contributed by atoms with Crippen LogP contribution in [0.2, 0.25) is 5.02 Å². The third-order valence-corrected chi connectivity index (χ3v) is 6.17. The Morgan fingerprint density at radius 1 is 1.24 bits per heavy atom. The van der Waals surface area contributed by atoms with Gasteiger partial charge in [-0.2, -0.15) is 0 Å². The van der Waals surface area contributed by atoms with E-state index in [2.05, 4.69) is 4.98 Å². The first kappa shape index (κ1) is 21.3. The van der Waals surface area contributed by atoms with Crippen LogP contribution in [-0.4, -0.2) is 19.3 Å². The van der Waals surface area contributed by atoms with Crippen LogP contribution in [0.5, 0.6) is 0 Å². The van der Waals surface area contributed by atoms with Crippen LogP contribution < -0.4 is 16.4 Å². The molecule has 0 radical (unpaired) electrons. The predicted octanol–water partition coefficient (Wildman–Crippen LogP) is 2.64. The molecule has 7 nitrogen and oxygen atoms in total. The Morgan fingerprint density at radius 3 is 2.52 bits per heavy atom. The molecule has 0 aliphatic heterocycles. The zero-order valence-electron chi connectivity index (χ0n) is 15.7. The predicted molar refractivity (Wildman–Crippen MR) is 112 cm³/mol. The summed E-state index contributed by atoms with van der Waals surface area (Å²) < 4.78 is 23.2. The van der Waals surface area contributed by atoms with Gasteiger partial charge in [-0.05, 0) is 55.4 Å². The number of nitrogens with two attached hydrogens (primary N) is 2. The van der Waals surface area contributed by atoms with E-state index in [1.807, 2.05) is 18.2 Å². The molecule has 0 bridgehead atoms. The molecule has 3 rings (SSSR count). The second-order valence-corrected chi connectivity index (χ2v) is 9.03. The molecule has 0 saturated heterocycles. The van der Waals surface area contributed by atoms with Crippen LogP contribution in [0.3, 0.4) is 0 Å². The summed E-state index contributed by atoms with van der Waals surface area (Å²) in [6, 6.07) is 8.06. The first-order valence-electron chi connectivity index (χ1n) is 9.21. The number of H-pyrrole nitrogens is 1. The Bertz CT molecular complexity index is 1130. The lowest BCUT2D eigenvalue weighted by Gasteiger charge is -2.12. The number of amides is 1. The summed E-state index contributed by atoms with van der Waals surface area (Å²) in [4.78, 5) is 26.2. The number of rotatable bonds is 8. The maximum absolute atomic E-state index is 12.5. The van der Waals surface area contributed by atoms with Crippen LogP contribution in [0.4, 0.5) is 0 Å². The van der Waals surface area contributed by atoms with E-state index in [1.165, 1.54) is 12.1 Å². The molecule has 1 aromatic carbocycles. The first-order valence-corrected chi connectivity index (χ1v) is 11.1. The van der Waals surface area contributed by atoms with Crippen molar-refractivity contribution in [1.82, 2.24) is 4.98 Å². The highest BCUT2D eigenvalue weighted by Crippen LogP contribution is 2.38. The largest absolute Gasteiger partial charge is 0.370 e. The molecular weight excluding hydrogens is 414 g/mol. The standard InChI is InChI=1S/C20H22ClN3O4S/c21-16-11-13(7-10-18(16)29(23,27)28)14(3-1-2-4-19(22)25)17-9-8-15(12-5-6-12)20(26)24-17/h3,7-12H,1-2,4-6H2,(H2,22,25)(H,24,26)(H2,23,27,28)/b14-3+. The van der Waals surface area contributed by atoms with Crippen LogP contribution in [0.1, 0.15) is 54.8 Å². The molecule has 154 valence electrons. The van der Waals surface area contributed by atoms with Crippen molar-refractivity contribution < 1.29 is 13.2 Å². The topological polar surface area (TPSA) is 136 Å². The van der Waals surface area contributed by atoms with E-state index >= 15 is 0 Å². The van der Waals surface area contributed by atoms with Gasteiger partial charge in [-0.3, -0.25) is 9.59 Å². The Morgan fingerprint density at radius 2 is 1.97 bits per heavy atom. The summed E-state index contributed by atoms with van der Waals surface area (Å²) in [6.07, 6.45) is 5.23. The van der Waals surface area contributed by atoms with Crippen LogP contribution >= 0.6 is 11.6 Å². The minimum atomic E-state index is -3.95. The van der Waals surface area contributed by atoms with Crippen LogP contribution in [0, 0.1) is 0 Å². The fourth-order valence-electron chi connectivity index (χ4n) is 3.16. The minimum absolute atomic E-state index is 0.00927. The maximum atomic E-state index is 12.5. The van der Waals surface area contributed by atoms with Crippen molar-refractivity contribution in [2.75, 3.05) is 0 Å². The van der Waals surface area contributed by atoms with E-state index in [4.69, 9.17) is 22.5 Å². The van der Waals surface area contributed by atoms with E-state index < -0.39 is 10.0 Å². The Balaban J connectivity index is 2.00. The number of unbranched alkanes of at least 4 members (excludes halogenated alkanes) is 1. The van der Waals surface area contributed by atoms with E-state index in [9.17, 15) is 18.0 Å². The van der Waals surface area contributed by atoms with E-state index in [0.717, 1.165) is 18.4 Å². The smallest absolute Gasteiger partial charge is 0.251 e. The minimum Gasteiger partial charge on any atom is -0.370 e. The molecule has 5 N–H and O–H groups in total. The molecule has 29 heavy (non-hydrogen) atoms. The van der Waals surface area contributed by atoms with Gasteiger partial charge < -0.3 is 10.7 Å². The molecule has 0 spiro atoms. The lowest BCUT2D eigenvalue weighted by atomic mass is 9.99. The quantitative estimate of drug-likeness (QED) is 0.549. The molecule has 1 aliphatic rings. The lowest BCUT2D eigenvalue weighted by Crippen LogP contribution is -2.14. The van der Waals surface area contributed by atoms with Gasteiger partial charge in [-0.15, -0.1) is 0 Å². The number of primary amides is 1. The number of carbonyl (C=O) groups is 1. The first-order chi connectivity index (χ1) is 13.7. The average molecular weight is 436 g/mol. The highest BCUT2D eigenvalue weighted by atomic mass is 35.5. The normalized spacial score (nSPS) is 14.8.